The number of nitrogens with one attached hydrogen (secondary N) is 2. The highest BCUT2D eigenvalue weighted by Gasteiger charge is 2.12. The summed E-state index contributed by atoms with van der Waals surface area (Å²) >= 11 is 7.30. The van der Waals surface area contributed by atoms with Gasteiger partial charge in [-0.3, -0.25) is 9.59 Å². The quantitative estimate of drug-likeness (QED) is 0.848. The summed E-state index contributed by atoms with van der Waals surface area (Å²) < 4.78 is 0. The minimum atomic E-state index is -0.317. The van der Waals surface area contributed by atoms with Crippen LogP contribution >= 0.6 is 22.9 Å². The molecule has 0 atom stereocenters. The molecule has 6 heteroatoms. The largest absolute Gasteiger partial charge is 0.355 e. The molecule has 0 bridgehead atoms. The van der Waals surface area contributed by atoms with Crippen LogP contribution in [-0.4, -0.2) is 18.9 Å². The highest BCUT2D eigenvalue weighted by molar-refractivity contribution is 7.14. The number of benzene rings is 1. The molecule has 0 spiro atoms. The van der Waals surface area contributed by atoms with Crippen molar-refractivity contribution < 1.29 is 9.59 Å². The summed E-state index contributed by atoms with van der Waals surface area (Å²) in [6.45, 7) is 0. The lowest BCUT2D eigenvalue weighted by Crippen LogP contribution is -2.19. The summed E-state index contributed by atoms with van der Waals surface area (Å²) in [7, 11) is 1.54. The van der Waals surface area contributed by atoms with E-state index in [1.165, 1.54) is 17.4 Å². The molecule has 0 radical (unpaired) electrons. The minimum Gasteiger partial charge on any atom is -0.355 e. The summed E-state index contributed by atoms with van der Waals surface area (Å²) in [5.41, 5.74) is 1.20. The van der Waals surface area contributed by atoms with Crippen LogP contribution in [0.3, 0.4) is 0 Å². The molecule has 0 unspecified atom stereocenters. The first-order chi connectivity index (χ1) is 10.1. The monoisotopic (exact) mass is 320 g/mol. The van der Waals surface area contributed by atoms with Gasteiger partial charge in [0.25, 0.3) is 5.91 Å². The third-order valence-corrected chi connectivity index (χ3v) is 3.87. The topological polar surface area (TPSA) is 58.2 Å². The summed E-state index contributed by atoms with van der Waals surface area (Å²) in [6.07, 6.45) is 3.01. The summed E-state index contributed by atoms with van der Waals surface area (Å²) in [4.78, 5) is 23.5. The van der Waals surface area contributed by atoms with Gasteiger partial charge in [-0.2, -0.15) is 0 Å². The van der Waals surface area contributed by atoms with Crippen molar-refractivity contribution >= 4 is 45.8 Å². The van der Waals surface area contributed by atoms with Crippen LogP contribution in [0.15, 0.2) is 41.8 Å². The maximum atomic E-state index is 11.9. The fraction of sp³-hybridized carbons (Fsp3) is 0.0667. The van der Waals surface area contributed by atoms with E-state index in [4.69, 9.17) is 11.6 Å². The van der Waals surface area contributed by atoms with E-state index in [0.29, 0.717) is 15.6 Å². The van der Waals surface area contributed by atoms with Gasteiger partial charge in [-0.05, 0) is 29.2 Å². The predicted octanol–water partition coefficient (Wildman–Crippen LogP) is 3.41. The van der Waals surface area contributed by atoms with Crippen LogP contribution in [0, 0.1) is 0 Å². The molecule has 2 rings (SSSR count). The molecule has 1 heterocycles. The smallest absolute Gasteiger partial charge is 0.254 e. The zero-order valence-corrected chi connectivity index (χ0v) is 12.8. The van der Waals surface area contributed by atoms with E-state index in [0.717, 1.165) is 5.56 Å². The zero-order chi connectivity index (χ0) is 15.2. The van der Waals surface area contributed by atoms with Gasteiger partial charge >= 0.3 is 0 Å². The van der Waals surface area contributed by atoms with Crippen LogP contribution < -0.4 is 10.6 Å². The van der Waals surface area contributed by atoms with Crippen molar-refractivity contribution in [3.05, 3.63) is 57.9 Å². The standard InChI is InChI=1S/C15H13ClN2O2S/c1-17-14(20)11-8-9-21-15(11)18-13(19)7-6-10-4-2-3-5-12(10)16/h2-9H,1H3,(H,17,20)(H,18,19)/b7-6+. The predicted molar refractivity (Wildman–Crippen MR) is 86.8 cm³/mol. The van der Waals surface area contributed by atoms with Gasteiger partial charge in [-0.1, -0.05) is 29.8 Å². The van der Waals surface area contributed by atoms with E-state index in [1.807, 2.05) is 18.2 Å². The Bertz CT molecular complexity index is 694. The van der Waals surface area contributed by atoms with Gasteiger partial charge in [-0.15, -0.1) is 11.3 Å². The third-order valence-electron chi connectivity index (χ3n) is 2.69. The van der Waals surface area contributed by atoms with E-state index in [9.17, 15) is 9.59 Å². The van der Waals surface area contributed by atoms with Crippen LogP contribution in [0.25, 0.3) is 6.08 Å². The fourth-order valence-corrected chi connectivity index (χ4v) is 2.63. The Morgan fingerprint density at radius 2 is 2.00 bits per heavy atom. The molecule has 0 saturated heterocycles. The molecule has 0 saturated carbocycles. The fourth-order valence-electron chi connectivity index (χ4n) is 1.65. The van der Waals surface area contributed by atoms with E-state index in [1.54, 1.807) is 30.6 Å². The Morgan fingerprint density at radius 1 is 1.24 bits per heavy atom. The zero-order valence-electron chi connectivity index (χ0n) is 11.2. The molecular weight excluding hydrogens is 308 g/mol. The van der Waals surface area contributed by atoms with Crippen molar-refractivity contribution in [1.29, 1.82) is 0 Å². The molecule has 0 fully saturated rings. The van der Waals surface area contributed by atoms with E-state index >= 15 is 0 Å². The molecule has 0 aliphatic carbocycles. The number of amides is 2. The molecule has 2 N–H and O–H groups in total. The van der Waals surface area contributed by atoms with Crippen molar-refractivity contribution in [3.8, 4) is 0 Å². The number of carbonyl (C=O) groups excluding carboxylic acids is 2. The van der Waals surface area contributed by atoms with Gasteiger partial charge in [0.05, 0.1) is 5.56 Å². The SMILES string of the molecule is CNC(=O)c1ccsc1NC(=O)/C=C/c1ccccc1Cl. The third kappa shape index (κ3) is 3.93. The van der Waals surface area contributed by atoms with Crippen LogP contribution in [0.2, 0.25) is 5.02 Å². The Kier molecular flexibility index (Phi) is 5.14. The minimum absolute atomic E-state index is 0.235. The van der Waals surface area contributed by atoms with Gasteiger partial charge in [0.1, 0.15) is 5.00 Å². The van der Waals surface area contributed by atoms with E-state index in [-0.39, 0.29) is 11.8 Å². The molecule has 4 nitrogen and oxygen atoms in total. The average Bonchev–Trinajstić information content (AvgIpc) is 2.93. The number of anilines is 1. The lowest BCUT2D eigenvalue weighted by Gasteiger charge is -2.03. The number of thiophene rings is 1. The van der Waals surface area contributed by atoms with Crippen LogP contribution in [0.4, 0.5) is 5.00 Å². The lowest BCUT2D eigenvalue weighted by atomic mass is 10.2. The molecule has 21 heavy (non-hydrogen) atoms. The van der Waals surface area contributed by atoms with E-state index in [2.05, 4.69) is 10.6 Å². The number of hydrogen-bond acceptors (Lipinski definition) is 3. The summed E-state index contributed by atoms with van der Waals surface area (Å²) in [6, 6.07) is 8.89. The highest BCUT2D eigenvalue weighted by Crippen LogP contribution is 2.23. The number of hydrogen-bond donors (Lipinski definition) is 2. The average molecular weight is 321 g/mol. The summed E-state index contributed by atoms with van der Waals surface area (Å²) in [5, 5.41) is 8.05. The first-order valence-corrected chi connectivity index (χ1v) is 7.40. The maximum absolute atomic E-state index is 11.9. The highest BCUT2D eigenvalue weighted by atomic mass is 35.5. The van der Waals surface area contributed by atoms with Crippen molar-refractivity contribution in [3.63, 3.8) is 0 Å². The first-order valence-electron chi connectivity index (χ1n) is 6.15. The van der Waals surface area contributed by atoms with Gasteiger partial charge in [0, 0.05) is 18.1 Å². The number of rotatable bonds is 4. The van der Waals surface area contributed by atoms with Crippen molar-refractivity contribution in [2.75, 3.05) is 12.4 Å². The van der Waals surface area contributed by atoms with Gasteiger partial charge in [0.15, 0.2) is 0 Å². The maximum Gasteiger partial charge on any atom is 0.254 e. The second kappa shape index (κ2) is 7.06. The lowest BCUT2D eigenvalue weighted by molar-refractivity contribution is -0.111. The van der Waals surface area contributed by atoms with Gasteiger partial charge < -0.3 is 10.6 Å². The van der Waals surface area contributed by atoms with Crippen molar-refractivity contribution in [2.45, 2.75) is 0 Å². The van der Waals surface area contributed by atoms with E-state index < -0.39 is 0 Å². The molecule has 0 aliphatic heterocycles. The molecule has 2 aromatic rings. The van der Waals surface area contributed by atoms with Crippen LogP contribution in [0.5, 0.6) is 0 Å². The molecular formula is C15H13ClN2O2S. The molecule has 0 aliphatic rings. The number of carbonyl (C=O) groups is 2. The second-order valence-electron chi connectivity index (χ2n) is 4.09. The van der Waals surface area contributed by atoms with Crippen LogP contribution in [-0.2, 0) is 4.79 Å². The molecule has 108 valence electrons. The van der Waals surface area contributed by atoms with Crippen LogP contribution in [0.1, 0.15) is 15.9 Å². The number of halogens is 1. The second-order valence-corrected chi connectivity index (χ2v) is 5.41. The Labute approximate surface area is 131 Å². The van der Waals surface area contributed by atoms with Gasteiger partial charge in [-0.25, -0.2) is 0 Å². The first kappa shape index (κ1) is 15.3. The molecule has 1 aromatic carbocycles. The Balaban J connectivity index is 2.08. The normalized spacial score (nSPS) is 10.6. The summed E-state index contributed by atoms with van der Waals surface area (Å²) in [5.74, 6) is -0.552. The molecule has 2 amide bonds. The molecule has 1 aromatic heterocycles. The van der Waals surface area contributed by atoms with Crippen molar-refractivity contribution in [2.24, 2.45) is 0 Å². The van der Waals surface area contributed by atoms with Gasteiger partial charge in [0.2, 0.25) is 5.91 Å². The van der Waals surface area contributed by atoms with Crippen molar-refractivity contribution in [1.82, 2.24) is 5.32 Å². The Morgan fingerprint density at radius 3 is 2.71 bits per heavy atom. The Hall–Kier alpha value is -2.11.